The van der Waals surface area contributed by atoms with E-state index in [9.17, 15) is 8.78 Å². The smallest absolute Gasteiger partial charge is 0.395 e. The Bertz CT molecular complexity index is 662. The minimum atomic E-state index is -3.66. The summed E-state index contributed by atoms with van der Waals surface area (Å²) in [5.74, 6) is -0.171. The molecule has 6 nitrogen and oxygen atoms in total. The van der Waals surface area contributed by atoms with Crippen molar-refractivity contribution in [2.75, 3.05) is 0 Å². The molecule has 0 radical (unpaired) electrons. The zero-order chi connectivity index (χ0) is 12.8. The number of hydrogen-bond donors (Lipinski definition) is 1. The molecular weight excluding hydrogens is 246 g/mol. The van der Waals surface area contributed by atoms with Gasteiger partial charge in [-0.15, -0.1) is 13.9 Å². The number of ether oxygens (including phenoxy) is 2. The van der Waals surface area contributed by atoms with Gasteiger partial charge in [0, 0.05) is 5.56 Å². The van der Waals surface area contributed by atoms with Gasteiger partial charge in [0.25, 0.3) is 0 Å². The molecule has 1 aliphatic rings. The first-order valence-corrected chi connectivity index (χ1v) is 4.80. The molecule has 0 bridgehead atoms. The normalized spacial score (nSPS) is 15.4. The largest absolute Gasteiger partial charge is 0.586 e. The van der Waals surface area contributed by atoms with Gasteiger partial charge in [-0.1, -0.05) is 0 Å². The molecular formula is C10H4F2N4O2. The van der Waals surface area contributed by atoms with E-state index in [0.717, 1.165) is 0 Å². The molecule has 2 heterocycles. The van der Waals surface area contributed by atoms with Gasteiger partial charge in [-0.2, -0.15) is 15.6 Å². The maximum Gasteiger partial charge on any atom is 0.586 e. The summed E-state index contributed by atoms with van der Waals surface area (Å²) in [7, 11) is 0. The van der Waals surface area contributed by atoms with Crippen molar-refractivity contribution in [1.29, 1.82) is 5.26 Å². The minimum absolute atomic E-state index is 0.0641. The van der Waals surface area contributed by atoms with Crippen molar-refractivity contribution >= 4 is 0 Å². The van der Waals surface area contributed by atoms with Crippen molar-refractivity contribution in [2.45, 2.75) is 6.29 Å². The number of H-pyrrole nitrogens is 1. The van der Waals surface area contributed by atoms with Crippen LogP contribution in [-0.4, -0.2) is 21.7 Å². The van der Waals surface area contributed by atoms with E-state index in [2.05, 4.69) is 24.9 Å². The van der Waals surface area contributed by atoms with E-state index >= 15 is 0 Å². The van der Waals surface area contributed by atoms with Crippen LogP contribution in [0.1, 0.15) is 5.69 Å². The molecule has 0 fully saturated rings. The van der Waals surface area contributed by atoms with E-state index in [0.29, 0.717) is 5.56 Å². The Morgan fingerprint density at radius 2 is 2.00 bits per heavy atom. The van der Waals surface area contributed by atoms with Crippen molar-refractivity contribution in [3.63, 3.8) is 0 Å². The zero-order valence-corrected chi connectivity index (χ0v) is 8.65. The summed E-state index contributed by atoms with van der Waals surface area (Å²) in [5.41, 5.74) is 0.764. The van der Waals surface area contributed by atoms with Crippen LogP contribution in [0.2, 0.25) is 0 Å². The fourth-order valence-corrected chi connectivity index (χ4v) is 1.61. The zero-order valence-electron chi connectivity index (χ0n) is 8.65. The Morgan fingerprint density at radius 1 is 1.22 bits per heavy atom. The molecule has 1 N–H and O–H groups in total. The third-order valence-electron chi connectivity index (χ3n) is 2.33. The van der Waals surface area contributed by atoms with E-state index in [-0.39, 0.29) is 22.9 Å². The van der Waals surface area contributed by atoms with Gasteiger partial charge in [0.15, 0.2) is 17.2 Å². The third-order valence-corrected chi connectivity index (χ3v) is 2.33. The molecule has 0 unspecified atom stereocenters. The second-order valence-electron chi connectivity index (χ2n) is 3.46. The molecule has 0 saturated carbocycles. The highest BCUT2D eigenvalue weighted by Gasteiger charge is 2.43. The molecule has 18 heavy (non-hydrogen) atoms. The molecule has 3 rings (SSSR count). The van der Waals surface area contributed by atoms with Gasteiger partial charge in [-0.3, -0.25) is 0 Å². The van der Waals surface area contributed by atoms with Crippen molar-refractivity contribution in [3.8, 4) is 28.8 Å². The highest BCUT2D eigenvalue weighted by atomic mass is 19.3. The van der Waals surface area contributed by atoms with Gasteiger partial charge in [-0.25, -0.2) is 0 Å². The van der Waals surface area contributed by atoms with Crippen LogP contribution in [0.3, 0.4) is 0 Å². The molecule has 1 aliphatic heterocycles. The standard InChI is InChI=1S/C10H4F2N4O2/c11-10(12)17-7-2-1-5(3-8(7)18-10)9-6(4-13)14-16-15-9/h1-3H,(H,14,15,16). The summed E-state index contributed by atoms with van der Waals surface area (Å²) in [6.07, 6.45) is -3.66. The van der Waals surface area contributed by atoms with Gasteiger partial charge < -0.3 is 9.47 Å². The summed E-state index contributed by atoms with van der Waals surface area (Å²) in [5, 5.41) is 18.5. The van der Waals surface area contributed by atoms with Crippen LogP contribution in [0.15, 0.2) is 18.2 Å². The van der Waals surface area contributed by atoms with E-state index < -0.39 is 6.29 Å². The number of aromatic amines is 1. The molecule has 0 atom stereocenters. The Morgan fingerprint density at radius 3 is 2.78 bits per heavy atom. The van der Waals surface area contributed by atoms with Crippen LogP contribution in [0.5, 0.6) is 11.5 Å². The molecule has 1 aromatic carbocycles. The number of halogens is 2. The van der Waals surface area contributed by atoms with Crippen molar-refractivity contribution in [2.24, 2.45) is 0 Å². The Kier molecular flexibility index (Phi) is 1.98. The summed E-state index contributed by atoms with van der Waals surface area (Å²) >= 11 is 0. The first kappa shape index (κ1) is 10.5. The number of nitrogens with one attached hydrogen (secondary N) is 1. The lowest BCUT2D eigenvalue weighted by molar-refractivity contribution is -0.286. The molecule has 90 valence electrons. The lowest BCUT2D eigenvalue weighted by atomic mass is 10.1. The van der Waals surface area contributed by atoms with E-state index in [1.54, 1.807) is 0 Å². The number of nitriles is 1. The third kappa shape index (κ3) is 1.53. The van der Waals surface area contributed by atoms with Crippen molar-refractivity contribution in [1.82, 2.24) is 15.4 Å². The molecule has 0 aliphatic carbocycles. The van der Waals surface area contributed by atoms with Crippen LogP contribution in [-0.2, 0) is 0 Å². The first-order valence-electron chi connectivity index (χ1n) is 4.80. The van der Waals surface area contributed by atoms with Gasteiger partial charge >= 0.3 is 6.29 Å². The Labute approximate surface area is 98.7 Å². The summed E-state index contributed by atoms with van der Waals surface area (Å²) in [6, 6.07) is 5.96. The summed E-state index contributed by atoms with van der Waals surface area (Å²) in [6.45, 7) is 0. The molecule has 1 aromatic heterocycles. The molecule has 8 heteroatoms. The van der Waals surface area contributed by atoms with Gasteiger partial charge in [0.1, 0.15) is 11.8 Å². The van der Waals surface area contributed by atoms with E-state index in [1.165, 1.54) is 18.2 Å². The molecule has 0 amide bonds. The van der Waals surface area contributed by atoms with Crippen molar-refractivity contribution < 1.29 is 18.3 Å². The van der Waals surface area contributed by atoms with Crippen LogP contribution >= 0.6 is 0 Å². The van der Waals surface area contributed by atoms with Gasteiger partial charge in [0.05, 0.1) is 0 Å². The number of hydrogen-bond acceptors (Lipinski definition) is 5. The van der Waals surface area contributed by atoms with Gasteiger partial charge in [0.2, 0.25) is 0 Å². The molecule has 0 spiro atoms. The second-order valence-corrected chi connectivity index (χ2v) is 3.46. The minimum Gasteiger partial charge on any atom is -0.395 e. The van der Waals surface area contributed by atoms with E-state index in [1.807, 2.05) is 6.07 Å². The maximum atomic E-state index is 12.8. The fraction of sp³-hybridized carbons (Fsp3) is 0.100. The fourth-order valence-electron chi connectivity index (χ4n) is 1.61. The quantitative estimate of drug-likeness (QED) is 0.832. The SMILES string of the molecule is N#Cc1n[nH]nc1-c1ccc2c(c1)OC(F)(F)O2. The molecule has 0 saturated heterocycles. The topological polar surface area (TPSA) is 83.8 Å². The van der Waals surface area contributed by atoms with Crippen LogP contribution in [0, 0.1) is 11.3 Å². The number of alkyl halides is 2. The lowest BCUT2D eigenvalue weighted by Gasteiger charge is -2.04. The monoisotopic (exact) mass is 250 g/mol. The second kappa shape index (κ2) is 3.40. The average Bonchev–Trinajstić information content (AvgIpc) is 2.88. The lowest BCUT2D eigenvalue weighted by Crippen LogP contribution is -2.25. The maximum absolute atomic E-state index is 12.8. The Hall–Kier alpha value is -2.69. The van der Waals surface area contributed by atoms with Crippen LogP contribution in [0.25, 0.3) is 11.3 Å². The van der Waals surface area contributed by atoms with Gasteiger partial charge in [-0.05, 0) is 18.2 Å². The van der Waals surface area contributed by atoms with E-state index in [4.69, 9.17) is 5.26 Å². The number of benzene rings is 1. The first-order chi connectivity index (χ1) is 8.59. The highest BCUT2D eigenvalue weighted by molar-refractivity contribution is 5.67. The number of rotatable bonds is 1. The molecule has 2 aromatic rings. The summed E-state index contributed by atoms with van der Waals surface area (Å²) in [4.78, 5) is 0. The number of aromatic nitrogens is 3. The van der Waals surface area contributed by atoms with Crippen molar-refractivity contribution in [3.05, 3.63) is 23.9 Å². The average molecular weight is 250 g/mol. The number of fused-ring (bicyclic) bond motifs is 1. The Balaban J connectivity index is 2.06. The van der Waals surface area contributed by atoms with Crippen LogP contribution < -0.4 is 9.47 Å². The number of nitrogens with zero attached hydrogens (tertiary/aromatic N) is 3. The predicted octanol–water partition coefficient (Wildman–Crippen LogP) is 1.66. The van der Waals surface area contributed by atoms with Crippen LogP contribution in [0.4, 0.5) is 8.78 Å². The predicted molar refractivity (Wildman–Crippen MR) is 52.7 cm³/mol. The summed E-state index contributed by atoms with van der Waals surface area (Å²) < 4.78 is 34.2. The highest BCUT2D eigenvalue weighted by Crippen LogP contribution is 2.42.